The molecule has 2 heterocycles. The average molecular weight is 452 g/mol. The molecular weight excluding hydrogens is 429 g/mol. The number of Topliss-reactive ketones (excluding diaryl/α,β-unsaturated/α-hetero) is 1. The van der Waals surface area contributed by atoms with Crippen molar-refractivity contribution in [2.45, 2.75) is 11.3 Å². The summed E-state index contributed by atoms with van der Waals surface area (Å²) in [6.07, 6.45) is 0.645. The van der Waals surface area contributed by atoms with Gasteiger partial charge in [0.1, 0.15) is 5.82 Å². The molecule has 2 aliphatic heterocycles. The number of carbonyl (C=O) groups is 1. The monoisotopic (exact) mass is 451 g/mol. The summed E-state index contributed by atoms with van der Waals surface area (Å²) in [5.41, 5.74) is 1.18. The highest BCUT2D eigenvalue weighted by Gasteiger charge is 2.35. The Morgan fingerprint density at radius 1 is 0.967 bits per heavy atom. The van der Waals surface area contributed by atoms with Crippen molar-refractivity contribution < 1.29 is 17.6 Å². The highest BCUT2D eigenvalue weighted by Crippen LogP contribution is 2.28. The molecule has 0 bridgehead atoms. The van der Waals surface area contributed by atoms with Crippen molar-refractivity contribution in [3.8, 4) is 0 Å². The van der Waals surface area contributed by atoms with Crippen LogP contribution in [0.3, 0.4) is 0 Å². The van der Waals surface area contributed by atoms with Gasteiger partial charge in [-0.25, -0.2) is 12.8 Å². The number of ketones is 1. The second-order valence-electron chi connectivity index (χ2n) is 7.56. The number of hydrogen-bond acceptors (Lipinski definition) is 5. The van der Waals surface area contributed by atoms with Crippen LogP contribution < -0.4 is 4.90 Å². The second kappa shape index (κ2) is 8.63. The number of sulfonamides is 1. The zero-order valence-electron chi connectivity index (χ0n) is 16.4. The van der Waals surface area contributed by atoms with Gasteiger partial charge in [-0.1, -0.05) is 11.6 Å². The summed E-state index contributed by atoms with van der Waals surface area (Å²) in [6, 6.07) is 10.8. The van der Waals surface area contributed by atoms with E-state index in [1.165, 1.54) is 34.6 Å². The molecule has 0 radical (unpaired) electrons. The summed E-state index contributed by atoms with van der Waals surface area (Å²) in [7, 11) is -3.69. The van der Waals surface area contributed by atoms with E-state index in [1.807, 2.05) is 0 Å². The van der Waals surface area contributed by atoms with Crippen LogP contribution in [0.1, 0.15) is 16.8 Å². The highest BCUT2D eigenvalue weighted by atomic mass is 35.5. The Bertz CT molecular complexity index is 1040. The number of halogens is 2. The summed E-state index contributed by atoms with van der Waals surface area (Å²) in [5, 5.41) is 0.352. The molecule has 6 nitrogen and oxygen atoms in total. The van der Waals surface area contributed by atoms with Crippen molar-refractivity contribution in [2.24, 2.45) is 0 Å². The fourth-order valence-corrected chi connectivity index (χ4v) is 5.76. The molecule has 0 unspecified atom stereocenters. The van der Waals surface area contributed by atoms with Crippen LogP contribution in [0.25, 0.3) is 0 Å². The first-order valence-electron chi connectivity index (χ1n) is 9.90. The van der Waals surface area contributed by atoms with Crippen LogP contribution >= 0.6 is 11.6 Å². The van der Waals surface area contributed by atoms with E-state index >= 15 is 0 Å². The first kappa shape index (κ1) is 21.2. The summed E-state index contributed by atoms with van der Waals surface area (Å²) < 4.78 is 40.1. The van der Waals surface area contributed by atoms with Crippen LogP contribution in [0, 0.1) is 5.82 Å². The van der Waals surface area contributed by atoms with Crippen molar-refractivity contribution in [2.75, 3.05) is 50.7 Å². The number of hydrogen-bond donors (Lipinski definition) is 0. The Morgan fingerprint density at radius 3 is 2.37 bits per heavy atom. The van der Waals surface area contributed by atoms with Gasteiger partial charge in [0.2, 0.25) is 10.0 Å². The van der Waals surface area contributed by atoms with Gasteiger partial charge in [-0.3, -0.25) is 9.69 Å². The van der Waals surface area contributed by atoms with Gasteiger partial charge < -0.3 is 4.90 Å². The first-order chi connectivity index (χ1) is 14.3. The molecule has 160 valence electrons. The van der Waals surface area contributed by atoms with Crippen molar-refractivity contribution in [3.05, 3.63) is 58.9 Å². The predicted octanol–water partition coefficient (Wildman–Crippen LogP) is 2.88. The quantitative estimate of drug-likeness (QED) is 0.699. The summed E-state index contributed by atoms with van der Waals surface area (Å²) in [5.74, 6) is -0.468. The van der Waals surface area contributed by atoms with E-state index in [2.05, 4.69) is 9.80 Å². The fourth-order valence-electron chi connectivity index (χ4n) is 3.97. The first-order valence-corrected chi connectivity index (χ1v) is 11.7. The molecule has 4 rings (SSSR count). The van der Waals surface area contributed by atoms with Gasteiger partial charge in [-0.15, -0.1) is 0 Å². The number of benzene rings is 2. The van der Waals surface area contributed by atoms with E-state index in [4.69, 9.17) is 11.6 Å². The molecule has 0 aliphatic carbocycles. The van der Waals surface area contributed by atoms with Gasteiger partial charge >= 0.3 is 0 Å². The topological polar surface area (TPSA) is 60.9 Å². The van der Waals surface area contributed by atoms with E-state index in [1.54, 1.807) is 12.1 Å². The minimum atomic E-state index is -3.69. The van der Waals surface area contributed by atoms with E-state index in [0.29, 0.717) is 18.0 Å². The lowest BCUT2D eigenvalue weighted by atomic mass is 10.1. The number of carbonyl (C=O) groups excluding carboxylic acids is 1. The van der Waals surface area contributed by atoms with E-state index in [-0.39, 0.29) is 28.6 Å². The molecule has 9 heteroatoms. The van der Waals surface area contributed by atoms with Gasteiger partial charge in [-0.2, -0.15) is 4.31 Å². The molecule has 2 aliphatic rings. The third kappa shape index (κ3) is 4.37. The Kier molecular flexibility index (Phi) is 6.11. The fraction of sp³-hybridized carbons (Fsp3) is 0.381. The zero-order valence-corrected chi connectivity index (χ0v) is 18.0. The van der Waals surface area contributed by atoms with E-state index in [0.717, 1.165) is 38.4 Å². The van der Waals surface area contributed by atoms with Gasteiger partial charge in [0.05, 0.1) is 11.4 Å². The third-order valence-corrected chi connectivity index (χ3v) is 7.76. The van der Waals surface area contributed by atoms with Gasteiger partial charge in [0.15, 0.2) is 5.78 Å². The summed E-state index contributed by atoms with van der Waals surface area (Å²) in [6.45, 7) is 4.28. The average Bonchev–Trinajstić information content (AvgIpc) is 2.73. The van der Waals surface area contributed by atoms with Crippen LogP contribution in [-0.2, 0) is 10.0 Å². The van der Waals surface area contributed by atoms with Crippen LogP contribution in [0.5, 0.6) is 0 Å². The van der Waals surface area contributed by atoms with Crippen LogP contribution in [0.4, 0.5) is 10.1 Å². The maximum Gasteiger partial charge on any atom is 0.244 e. The maximum absolute atomic E-state index is 13.1. The highest BCUT2D eigenvalue weighted by molar-refractivity contribution is 7.89. The lowest BCUT2D eigenvalue weighted by Gasteiger charge is -2.36. The molecule has 30 heavy (non-hydrogen) atoms. The Balaban J connectivity index is 1.30. The molecule has 0 spiro atoms. The molecule has 0 amide bonds. The summed E-state index contributed by atoms with van der Waals surface area (Å²) >= 11 is 5.91. The van der Waals surface area contributed by atoms with Gasteiger partial charge in [0.25, 0.3) is 0 Å². The molecule has 0 N–H and O–H groups in total. The molecule has 1 fully saturated rings. The number of nitrogens with zero attached hydrogens (tertiary/aromatic N) is 3. The van der Waals surface area contributed by atoms with Crippen LogP contribution in [0.2, 0.25) is 5.02 Å². The number of piperazine rings is 1. The number of anilines is 1. The lowest BCUT2D eigenvalue weighted by Crippen LogP contribution is -2.47. The van der Waals surface area contributed by atoms with Crippen LogP contribution in [-0.4, -0.2) is 69.2 Å². The van der Waals surface area contributed by atoms with Gasteiger partial charge in [0, 0.05) is 49.0 Å². The molecule has 2 aromatic carbocycles. The molecular formula is C21H23ClFN3O3S. The normalized spacial score (nSPS) is 19.7. The SMILES string of the molecule is O=C1CN(CCCN2CCN(c3ccc(F)cc3)CC2)S(=O)(=O)c2ccc(Cl)cc21. The van der Waals surface area contributed by atoms with Gasteiger partial charge in [-0.05, 0) is 55.4 Å². The Labute approximate surface area is 180 Å². The molecule has 0 aromatic heterocycles. The Hall–Kier alpha value is -2.00. The van der Waals surface area contributed by atoms with Crippen molar-refractivity contribution >= 4 is 33.1 Å². The van der Waals surface area contributed by atoms with Crippen molar-refractivity contribution in [1.29, 1.82) is 0 Å². The molecule has 0 saturated carbocycles. The maximum atomic E-state index is 13.1. The molecule has 1 saturated heterocycles. The van der Waals surface area contributed by atoms with Crippen molar-refractivity contribution in [3.63, 3.8) is 0 Å². The Morgan fingerprint density at radius 2 is 1.67 bits per heavy atom. The third-order valence-electron chi connectivity index (χ3n) is 5.63. The molecule has 0 atom stereocenters. The van der Waals surface area contributed by atoms with Crippen LogP contribution in [0.15, 0.2) is 47.4 Å². The predicted molar refractivity (Wildman–Crippen MR) is 114 cm³/mol. The zero-order chi connectivity index (χ0) is 21.3. The summed E-state index contributed by atoms with van der Waals surface area (Å²) in [4.78, 5) is 16.9. The van der Waals surface area contributed by atoms with E-state index < -0.39 is 10.0 Å². The standard InChI is InChI=1S/C21H23ClFN3O3S/c22-16-2-7-21-19(14-16)20(27)15-26(30(21,28)29)9-1-8-24-10-12-25(13-11-24)18-5-3-17(23)4-6-18/h2-7,14H,1,8-13,15H2. The number of rotatable bonds is 5. The largest absolute Gasteiger partial charge is 0.369 e. The minimum absolute atomic E-state index is 0.0380. The lowest BCUT2D eigenvalue weighted by molar-refractivity contribution is 0.0954. The van der Waals surface area contributed by atoms with Crippen molar-refractivity contribution in [1.82, 2.24) is 9.21 Å². The second-order valence-corrected chi connectivity index (χ2v) is 9.90. The molecule has 2 aromatic rings. The minimum Gasteiger partial charge on any atom is -0.369 e. The van der Waals surface area contributed by atoms with E-state index in [9.17, 15) is 17.6 Å². The number of fused-ring (bicyclic) bond motifs is 1. The smallest absolute Gasteiger partial charge is 0.244 e.